The highest BCUT2D eigenvalue weighted by Gasteiger charge is 2.22. The molecule has 7 nitrogen and oxygen atoms in total. The Morgan fingerprint density at radius 1 is 1.06 bits per heavy atom. The van der Waals surface area contributed by atoms with Crippen LogP contribution in [0.1, 0.15) is 0 Å². The first-order chi connectivity index (χ1) is 8.06. The van der Waals surface area contributed by atoms with E-state index in [1.165, 1.54) is 4.90 Å². The van der Waals surface area contributed by atoms with Gasteiger partial charge in [0.15, 0.2) is 0 Å². The molecule has 0 aromatic carbocycles. The second-order valence-corrected chi connectivity index (χ2v) is 4.11. The molecule has 0 bridgehead atoms. The van der Waals surface area contributed by atoms with Gasteiger partial charge in [0.05, 0.1) is 0 Å². The summed E-state index contributed by atoms with van der Waals surface area (Å²) in [4.78, 5) is 25.4. The first-order valence-corrected chi connectivity index (χ1v) is 5.62. The number of halogens is 2. The Bertz CT molecular complexity index is 416. The second kappa shape index (κ2) is 4.89. The molecule has 92 valence electrons. The van der Waals surface area contributed by atoms with Crippen molar-refractivity contribution in [2.24, 2.45) is 0 Å². The van der Waals surface area contributed by atoms with Gasteiger partial charge in [0.2, 0.25) is 16.5 Å². The Morgan fingerprint density at radius 2 is 1.59 bits per heavy atom. The van der Waals surface area contributed by atoms with E-state index < -0.39 is 6.09 Å². The van der Waals surface area contributed by atoms with Crippen LogP contribution in [0.15, 0.2) is 0 Å². The molecule has 1 fully saturated rings. The molecule has 0 atom stereocenters. The number of carboxylic acid groups (broad SMARTS) is 1. The van der Waals surface area contributed by atoms with Gasteiger partial charge in [0, 0.05) is 26.2 Å². The fraction of sp³-hybridized carbons (Fsp3) is 0.500. The van der Waals surface area contributed by atoms with Gasteiger partial charge >= 0.3 is 6.09 Å². The molecule has 1 saturated heterocycles. The number of hydrogen-bond acceptors (Lipinski definition) is 5. The van der Waals surface area contributed by atoms with E-state index in [-0.39, 0.29) is 10.6 Å². The zero-order valence-electron chi connectivity index (χ0n) is 8.68. The molecule has 1 aromatic heterocycles. The van der Waals surface area contributed by atoms with Crippen molar-refractivity contribution in [3.63, 3.8) is 0 Å². The van der Waals surface area contributed by atoms with Crippen LogP contribution in [0, 0.1) is 0 Å². The summed E-state index contributed by atoms with van der Waals surface area (Å²) in [5.74, 6) is 0.375. The van der Waals surface area contributed by atoms with Crippen molar-refractivity contribution in [3.05, 3.63) is 10.6 Å². The molecule has 0 unspecified atom stereocenters. The van der Waals surface area contributed by atoms with Gasteiger partial charge in [0.1, 0.15) is 0 Å². The van der Waals surface area contributed by atoms with Gasteiger partial charge < -0.3 is 14.9 Å². The summed E-state index contributed by atoms with van der Waals surface area (Å²) in [5, 5.41) is 8.86. The largest absolute Gasteiger partial charge is 0.465 e. The Morgan fingerprint density at radius 3 is 2.06 bits per heavy atom. The zero-order chi connectivity index (χ0) is 12.4. The van der Waals surface area contributed by atoms with Crippen LogP contribution in [0.5, 0.6) is 0 Å². The molecule has 0 spiro atoms. The molecule has 0 aliphatic carbocycles. The average Bonchev–Trinajstić information content (AvgIpc) is 2.28. The minimum absolute atomic E-state index is 0.0284. The van der Waals surface area contributed by atoms with Crippen LogP contribution in [0.4, 0.5) is 10.7 Å². The summed E-state index contributed by atoms with van der Waals surface area (Å²) in [6.45, 7) is 1.80. The van der Waals surface area contributed by atoms with Crippen molar-refractivity contribution >= 4 is 35.2 Å². The summed E-state index contributed by atoms with van der Waals surface area (Å²) in [5.41, 5.74) is 0. The first-order valence-electron chi connectivity index (χ1n) is 4.86. The molecule has 1 aliphatic rings. The number of anilines is 1. The van der Waals surface area contributed by atoms with Crippen molar-refractivity contribution in [3.8, 4) is 0 Å². The molecule has 0 radical (unpaired) electrons. The molecule has 9 heteroatoms. The Labute approximate surface area is 107 Å². The highest BCUT2D eigenvalue weighted by atomic mass is 35.5. The van der Waals surface area contributed by atoms with Gasteiger partial charge in [-0.25, -0.2) is 4.79 Å². The maximum atomic E-state index is 10.7. The average molecular weight is 278 g/mol. The number of rotatable bonds is 1. The fourth-order valence-corrected chi connectivity index (χ4v) is 1.91. The van der Waals surface area contributed by atoms with Crippen molar-refractivity contribution in [2.75, 3.05) is 31.1 Å². The Hall–Kier alpha value is -1.34. The van der Waals surface area contributed by atoms with Crippen LogP contribution in [0.2, 0.25) is 10.6 Å². The Balaban J connectivity index is 2.07. The molecule has 0 saturated carbocycles. The van der Waals surface area contributed by atoms with Crippen molar-refractivity contribution in [2.45, 2.75) is 0 Å². The fourth-order valence-electron chi connectivity index (χ4n) is 1.56. The van der Waals surface area contributed by atoms with Gasteiger partial charge in [0.25, 0.3) is 0 Å². The third-order valence-electron chi connectivity index (χ3n) is 2.40. The maximum Gasteiger partial charge on any atom is 0.407 e. The molecule has 17 heavy (non-hydrogen) atoms. The normalized spacial score (nSPS) is 16.1. The van der Waals surface area contributed by atoms with Gasteiger partial charge in [-0.1, -0.05) is 0 Å². The third-order valence-corrected chi connectivity index (χ3v) is 2.74. The van der Waals surface area contributed by atoms with E-state index >= 15 is 0 Å². The first kappa shape index (κ1) is 12.1. The summed E-state index contributed by atoms with van der Waals surface area (Å²) >= 11 is 11.3. The quantitative estimate of drug-likeness (QED) is 0.824. The monoisotopic (exact) mass is 277 g/mol. The van der Waals surface area contributed by atoms with Crippen molar-refractivity contribution < 1.29 is 9.90 Å². The van der Waals surface area contributed by atoms with Gasteiger partial charge in [-0.15, -0.1) is 0 Å². The van der Waals surface area contributed by atoms with Gasteiger partial charge in [-0.05, 0) is 23.2 Å². The highest BCUT2D eigenvalue weighted by molar-refractivity contribution is 6.31. The summed E-state index contributed by atoms with van der Waals surface area (Å²) in [7, 11) is 0. The Kier molecular flexibility index (Phi) is 3.49. The lowest BCUT2D eigenvalue weighted by atomic mass is 10.3. The lowest BCUT2D eigenvalue weighted by molar-refractivity contribution is 0.142. The summed E-state index contributed by atoms with van der Waals surface area (Å²) in [6, 6.07) is 0. The van der Waals surface area contributed by atoms with Crippen LogP contribution >= 0.6 is 23.2 Å². The van der Waals surface area contributed by atoms with Gasteiger partial charge in [-0.2, -0.15) is 15.0 Å². The number of aromatic nitrogens is 3. The predicted octanol–water partition coefficient (Wildman–Crippen LogP) is 0.978. The zero-order valence-corrected chi connectivity index (χ0v) is 10.2. The third kappa shape index (κ3) is 2.86. The van der Waals surface area contributed by atoms with E-state index in [1.807, 2.05) is 4.90 Å². The van der Waals surface area contributed by atoms with Crippen LogP contribution in [0.25, 0.3) is 0 Å². The van der Waals surface area contributed by atoms with E-state index in [0.717, 1.165) is 0 Å². The smallest absolute Gasteiger partial charge is 0.407 e. The molecule has 2 rings (SSSR count). The van der Waals surface area contributed by atoms with E-state index in [2.05, 4.69) is 15.0 Å². The predicted molar refractivity (Wildman–Crippen MR) is 61.7 cm³/mol. The lowest BCUT2D eigenvalue weighted by Crippen LogP contribution is -2.48. The molecule has 1 aromatic rings. The van der Waals surface area contributed by atoms with Crippen LogP contribution in [-0.4, -0.2) is 57.2 Å². The van der Waals surface area contributed by atoms with Crippen LogP contribution < -0.4 is 4.90 Å². The summed E-state index contributed by atoms with van der Waals surface area (Å²) < 4.78 is 0. The lowest BCUT2D eigenvalue weighted by Gasteiger charge is -2.32. The van der Waals surface area contributed by atoms with Crippen molar-refractivity contribution in [1.82, 2.24) is 19.9 Å². The van der Waals surface area contributed by atoms with E-state index in [1.54, 1.807) is 0 Å². The SMILES string of the molecule is O=C(O)N1CCN(c2nc(Cl)nc(Cl)n2)CC1. The van der Waals surface area contributed by atoms with Crippen molar-refractivity contribution in [1.29, 1.82) is 0 Å². The highest BCUT2D eigenvalue weighted by Crippen LogP contribution is 2.15. The number of amides is 1. The molecule has 1 aliphatic heterocycles. The van der Waals surface area contributed by atoms with Gasteiger partial charge in [-0.3, -0.25) is 0 Å². The molecular weight excluding hydrogens is 269 g/mol. The topological polar surface area (TPSA) is 82.5 Å². The number of piperazine rings is 1. The van der Waals surface area contributed by atoms with E-state index in [4.69, 9.17) is 28.3 Å². The molecule has 1 N–H and O–H groups in total. The van der Waals surface area contributed by atoms with Crippen LogP contribution in [-0.2, 0) is 0 Å². The maximum absolute atomic E-state index is 10.7. The number of nitrogens with zero attached hydrogens (tertiary/aromatic N) is 5. The molecule has 2 heterocycles. The second-order valence-electron chi connectivity index (χ2n) is 3.43. The minimum Gasteiger partial charge on any atom is -0.465 e. The summed E-state index contributed by atoms with van der Waals surface area (Å²) in [6.07, 6.45) is -0.920. The van der Waals surface area contributed by atoms with E-state index in [0.29, 0.717) is 32.1 Å². The van der Waals surface area contributed by atoms with E-state index in [9.17, 15) is 4.79 Å². The van der Waals surface area contributed by atoms with Crippen LogP contribution in [0.3, 0.4) is 0 Å². The standard InChI is InChI=1S/C8H9Cl2N5O2/c9-5-11-6(10)13-7(12-5)14-1-3-15(4-2-14)8(16)17/h1-4H2,(H,16,17). The number of carbonyl (C=O) groups is 1. The molecule has 1 amide bonds. The number of hydrogen-bond donors (Lipinski definition) is 1. The molecular formula is C8H9Cl2N5O2. The minimum atomic E-state index is -0.920.